The van der Waals surface area contributed by atoms with E-state index in [1.165, 1.54) is 115 Å². The zero-order valence-corrected chi connectivity index (χ0v) is 43.6. The Kier molecular flexibility index (Phi) is 32.6. The van der Waals surface area contributed by atoms with Crippen LogP contribution in [0.1, 0.15) is 214 Å². The van der Waals surface area contributed by atoms with Crippen molar-refractivity contribution < 1.29 is 66.3 Å². The number of nitrogens with zero attached hydrogens (tertiary/aromatic N) is 2. The zero-order valence-electron chi connectivity index (χ0n) is 41.8. The highest BCUT2D eigenvalue weighted by Crippen LogP contribution is 2.60. The number of aliphatic hydroxyl groups excluding tert-OH is 2. The molecule has 3 unspecified atom stereocenters. The molecule has 0 spiro atoms. The number of aliphatic hydroxyl groups is 2. The first-order valence-corrected chi connectivity index (χ1v) is 28.8. The summed E-state index contributed by atoms with van der Waals surface area (Å²) >= 11 is 0. The fourth-order valence-electron chi connectivity index (χ4n) is 8.04. The van der Waals surface area contributed by atoms with Gasteiger partial charge in [-0.2, -0.15) is 9.29 Å². The van der Waals surface area contributed by atoms with Gasteiger partial charge >= 0.3 is 33.3 Å². The van der Waals surface area contributed by atoms with Crippen molar-refractivity contribution in [3.63, 3.8) is 0 Å². The molecular weight excluding hydrogens is 920 g/mol. The van der Waals surface area contributed by atoms with Crippen LogP contribution in [-0.4, -0.2) is 85.7 Å². The van der Waals surface area contributed by atoms with Crippen LogP contribution in [-0.2, 0) is 46.3 Å². The van der Waals surface area contributed by atoms with Gasteiger partial charge in [-0.25, -0.2) is 13.9 Å². The van der Waals surface area contributed by atoms with Gasteiger partial charge in [0, 0.05) is 19.0 Å². The molecule has 0 saturated carbocycles. The van der Waals surface area contributed by atoms with E-state index in [2.05, 4.69) is 37.0 Å². The predicted molar refractivity (Wildman–Crippen MR) is 261 cm³/mol. The molecule has 1 aliphatic heterocycles. The van der Waals surface area contributed by atoms with E-state index in [9.17, 15) is 43.5 Å². The molecule has 7 atom stereocenters. The normalized spacial score (nSPS) is 19.6. The number of hydrogen-bond donors (Lipinski definition) is 5. The Labute approximate surface area is 406 Å². The second-order valence-electron chi connectivity index (χ2n) is 19.3. The summed E-state index contributed by atoms with van der Waals surface area (Å²) < 4.78 is 56.8. The van der Waals surface area contributed by atoms with Gasteiger partial charge in [0.25, 0.3) is 0 Å². The average Bonchev–Trinajstić information content (AvgIpc) is 3.55. The summed E-state index contributed by atoms with van der Waals surface area (Å²) in [5.41, 5.74) is 4.59. The van der Waals surface area contributed by atoms with Gasteiger partial charge in [0.1, 0.15) is 30.7 Å². The van der Waals surface area contributed by atoms with Gasteiger partial charge < -0.3 is 39.9 Å². The summed E-state index contributed by atoms with van der Waals surface area (Å²) in [6.45, 7) is 6.77. The third-order valence-electron chi connectivity index (χ3n) is 12.0. The largest absolute Gasteiger partial charge is 0.481 e. The SMILES string of the molecule is CC(C)CCCCCCCCCCCCCCCCCC(=O)OC[C@H](COP(=O)(O)OP(=O)(O)OC[C@H]1O[C@@H](n2ccc(N)nc2=O)C(O)[C@H]1O)OC(=O)CCCCCCCCCCCC(C)C. The number of phosphoric ester groups is 2. The molecule has 0 aliphatic carbocycles. The average molecular weight is 1010 g/mol. The number of hydrogen-bond acceptors (Lipinski definition) is 15. The third-order valence-corrected chi connectivity index (χ3v) is 14.6. The van der Waals surface area contributed by atoms with Crippen molar-refractivity contribution in [2.45, 2.75) is 238 Å². The van der Waals surface area contributed by atoms with Crippen LogP contribution in [0.4, 0.5) is 5.82 Å². The Morgan fingerprint density at radius 2 is 1.09 bits per heavy atom. The molecule has 0 bridgehead atoms. The van der Waals surface area contributed by atoms with E-state index in [0.717, 1.165) is 67.8 Å². The van der Waals surface area contributed by atoms with Crippen molar-refractivity contribution in [2.24, 2.45) is 11.8 Å². The molecule has 1 fully saturated rings. The van der Waals surface area contributed by atoms with Crippen molar-refractivity contribution in [1.29, 1.82) is 0 Å². The number of nitrogens with two attached hydrogens (primary N) is 1. The fraction of sp³-hybridized carbons (Fsp3) is 0.875. The first-order valence-electron chi connectivity index (χ1n) is 25.8. The molecule has 396 valence electrons. The summed E-state index contributed by atoms with van der Waals surface area (Å²) in [5, 5.41) is 20.9. The zero-order chi connectivity index (χ0) is 50.2. The van der Waals surface area contributed by atoms with Crippen LogP contribution in [0.5, 0.6) is 0 Å². The molecule has 1 aliphatic rings. The Morgan fingerprint density at radius 3 is 1.54 bits per heavy atom. The van der Waals surface area contributed by atoms with Crippen LogP contribution in [0, 0.1) is 11.8 Å². The highest BCUT2D eigenvalue weighted by Gasteiger charge is 2.46. The van der Waals surface area contributed by atoms with E-state index in [-0.39, 0.29) is 18.7 Å². The Bertz CT molecular complexity index is 1670. The fourth-order valence-corrected chi connectivity index (χ4v) is 10.1. The minimum atomic E-state index is -5.42. The summed E-state index contributed by atoms with van der Waals surface area (Å²) in [5.74, 6) is 0.257. The second kappa shape index (κ2) is 35.8. The molecule has 18 nitrogen and oxygen atoms in total. The first kappa shape index (κ1) is 61.9. The maximum absolute atomic E-state index is 12.8. The number of rotatable bonds is 42. The predicted octanol–water partition coefficient (Wildman–Crippen LogP) is 10.4. The first-order chi connectivity index (χ1) is 32.4. The molecular formula is C48H89N3O15P2. The third kappa shape index (κ3) is 29.8. The van der Waals surface area contributed by atoms with Crippen LogP contribution < -0.4 is 11.4 Å². The minimum absolute atomic E-state index is 0.0551. The molecule has 20 heteroatoms. The van der Waals surface area contributed by atoms with Crippen molar-refractivity contribution in [2.75, 3.05) is 25.6 Å². The maximum atomic E-state index is 12.8. The number of ether oxygens (including phenoxy) is 3. The van der Waals surface area contributed by atoms with Gasteiger partial charge in [0.15, 0.2) is 12.3 Å². The van der Waals surface area contributed by atoms with Gasteiger partial charge in [0.2, 0.25) is 0 Å². The van der Waals surface area contributed by atoms with Crippen molar-refractivity contribution in [3.8, 4) is 0 Å². The lowest BCUT2D eigenvalue weighted by molar-refractivity contribution is -0.161. The number of esters is 2. The highest BCUT2D eigenvalue weighted by molar-refractivity contribution is 7.61. The van der Waals surface area contributed by atoms with Crippen molar-refractivity contribution >= 4 is 33.4 Å². The van der Waals surface area contributed by atoms with Crippen LogP contribution >= 0.6 is 15.6 Å². The second-order valence-corrected chi connectivity index (χ2v) is 22.4. The molecule has 1 aromatic heterocycles. The summed E-state index contributed by atoms with van der Waals surface area (Å²) in [7, 11) is -10.8. The van der Waals surface area contributed by atoms with Gasteiger partial charge in [-0.1, -0.05) is 182 Å². The maximum Gasteiger partial charge on any atom is 0.481 e. The number of carbonyl (C=O) groups excluding carboxylic acids is 2. The number of anilines is 1. The van der Waals surface area contributed by atoms with E-state index < -0.39 is 83.7 Å². The number of nitrogen functional groups attached to an aromatic ring is 1. The molecule has 2 rings (SSSR count). The number of aromatic nitrogens is 2. The highest BCUT2D eigenvalue weighted by atomic mass is 31.3. The van der Waals surface area contributed by atoms with Crippen LogP contribution in [0.3, 0.4) is 0 Å². The van der Waals surface area contributed by atoms with Gasteiger partial charge in [-0.05, 0) is 30.7 Å². The van der Waals surface area contributed by atoms with E-state index >= 15 is 0 Å². The molecule has 0 aromatic carbocycles. The molecule has 68 heavy (non-hydrogen) atoms. The molecule has 2 heterocycles. The van der Waals surface area contributed by atoms with Crippen LogP contribution in [0.25, 0.3) is 0 Å². The van der Waals surface area contributed by atoms with Crippen molar-refractivity contribution in [1.82, 2.24) is 9.55 Å². The lowest BCUT2D eigenvalue weighted by Crippen LogP contribution is -2.36. The van der Waals surface area contributed by atoms with E-state index in [0.29, 0.717) is 12.8 Å². The topological polar surface area (TPSA) is 265 Å². The standard InChI is InChI=1S/C48H89N3O15P2/c1-38(2)29-25-21-17-13-10-8-6-5-7-9-11-15-19-23-27-31-43(52)61-35-40(64-44(53)32-28-24-20-16-12-14-18-22-26-30-39(3)4)36-62-67(57,58)66-68(59,60)63-37-41-45(54)46(55)47(65-41)51-34-33-42(49)50-48(51)56/h33-34,38-41,45-47,54-55H,5-32,35-37H2,1-4H3,(H,57,58)(H,59,60)(H2,49,50,56)/t40-,41-,45+,46?,47-/m1/s1. The van der Waals surface area contributed by atoms with E-state index in [4.69, 9.17) is 29.0 Å². The van der Waals surface area contributed by atoms with Gasteiger partial charge in [-0.3, -0.25) is 23.2 Å². The van der Waals surface area contributed by atoms with Crippen LogP contribution in [0.15, 0.2) is 17.1 Å². The van der Waals surface area contributed by atoms with E-state index in [1.54, 1.807) is 0 Å². The lowest BCUT2D eigenvalue weighted by Gasteiger charge is -2.21. The van der Waals surface area contributed by atoms with Crippen LogP contribution in [0.2, 0.25) is 0 Å². The molecule has 1 aromatic rings. The van der Waals surface area contributed by atoms with Crippen molar-refractivity contribution in [3.05, 3.63) is 22.7 Å². The number of carbonyl (C=O) groups is 2. The van der Waals surface area contributed by atoms with Gasteiger partial charge in [0.05, 0.1) is 13.2 Å². The number of phosphoric acid groups is 2. The summed E-state index contributed by atoms with van der Waals surface area (Å²) in [6, 6.07) is 1.25. The quantitative estimate of drug-likeness (QED) is 0.0231. The Morgan fingerprint density at radius 1 is 0.662 bits per heavy atom. The van der Waals surface area contributed by atoms with E-state index in [1.807, 2.05) is 0 Å². The summed E-state index contributed by atoms with van der Waals surface area (Å²) in [6.07, 6.45) is 23.5. The molecule has 6 N–H and O–H groups in total. The Hall–Kier alpha value is -2.24. The molecule has 0 radical (unpaired) electrons. The number of unbranched alkanes of at least 4 members (excludes halogenated alkanes) is 22. The molecule has 0 amide bonds. The minimum Gasteiger partial charge on any atom is -0.462 e. The van der Waals surface area contributed by atoms with Gasteiger partial charge in [-0.15, -0.1) is 0 Å². The monoisotopic (exact) mass is 1010 g/mol. The summed E-state index contributed by atoms with van der Waals surface area (Å²) in [4.78, 5) is 61.9. The Balaban J connectivity index is 1.77. The molecule has 1 saturated heterocycles. The lowest BCUT2D eigenvalue weighted by atomic mass is 10.0. The smallest absolute Gasteiger partial charge is 0.462 e.